The van der Waals surface area contributed by atoms with Crippen LogP contribution in [0.15, 0.2) is 54.7 Å². The van der Waals surface area contributed by atoms with E-state index in [1.54, 1.807) is 0 Å². The van der Waals surface area contributed by atoms with E-state index in [4.69, 9.17) is 4.43 Å². The van der Waals surface area contributed by atoms with Crippen LogP contribution in [0.25, 0.3) is 10.9 Å². The molecule has 1 heterocycles. The Kier molecular flexibility index (Phi) is 4.18. The Morgan fingerprint density at radius 1 is 0.917 bits per heavy atom. The van der Waals surface area contributed by atoms with E-state index in [0.29, 0.717) is 0 Å². The lowest BCUT2D eigenvalue weighted by atomic mass is 10.2. The van der Waals surface area contributed by atoms with Crippen molar-refractivity contribution in [3.63, 3.8) is 0 Å². The minimum absolute atomic E-state index is 0.204. The van der Waals surface area contributed by atoms with Crippen molar-refractivity contribution < 1.29 is 4.43 Å². The van der Waals surface area contributed by atoms with Crippen LogP contribution in [0.5, 0.6) is 5.75 Å². The fourth-order valence-corrected chi connectivity index (χ4v) is 3.38. The molecule has 0 radical (unpaired) electrons. The van der Waals surface area contributed by atoms with Crippen LogP contribution in [-0.2, 0) is 0 Å². The lowest BCUT2D eigenvalue weighted by molar-refractivity contribution is 0.492. The zero-order valence-corrected chi connectivity index (χ0v) is 16.1. The maximum Gasteiger partial charge on any atom is 0.250 e. The second-order valence-electron chi connectivity index (χ2n) is 7.79. The Morgan fingerprint density at radius 2 is 1.58 bits per heavy atom. The maximum atomic E-state index is 6.33. The third kappa shape index (κ3) is 3.49. The number of fused-ring (bicyclic) bond motifs is 1. The molecule has 3 nitrogen and oxygen atoms in total. The number of hydrogen-bond donors (Lipinski definition) is 2. The summed E-state index contributed by atoms with van der Waals surface area (Å²) in [7, 11) is -1.78. The number of aromatic nitrogens is 1. The fourth-order valence-electron chi connectivity index (χ4n) is 2.35. The normalized spacial score (nSPS) is 12.4. The summed E-state index contributed by atoms with van der Waals surface area (Å²) in [6.45, 7) is 11.3. The van der Waals surface area contributed by atoms with Crippen molar-refractivity contribution in [2.75, 3.05) is 5.32 Å². The molecule has 2 N–H and O–H groups in total. The second-order valence-corrected chi connectivity index (χ2v) is 12.5. The summed E-state index contributed by atoms with van der Waals surface area (Å²) in [5.74, 6) is 0.952. The lowest BCUT2D eigenvalue weighted by Gasteiger charge is -2.36. The molecule has 3 rings (SSSR count). The Morgan fingerprint density at radius 3 is 2.25 bits per heavy atom. The summed E-state index contributed by atoms with van der Waals surface area (Å²) in [6, 6.07) is 16.6. The largest absolute Gasteiger partial charge is 0.544 e. The van der Waals surface area contributed by atoms with Gasteiger partial charge in [0, 0.05) is 28.5 Å². The standard InChI is InChI=1S/C20H26N2OSi/c1-20(2,3)24(4,5)23-18-9-6-16(7-10-18)22-17-8-11-19-15(14-17)12-13-21-19/h6-14,21-22H,1-5H3. The van der Waals surface area contributed by atoms with E-state index in [9.17, 15) is 0 Å². The van der Waals surface area contributed by atoms with Gasteiger partial charge in [0.1, 0.15) is 5.75 Å². The summed E-state index contributed by atoms with van der Waals surface area (Å²) < 4.78 is 6.33. The van der Waals surface area contributed by atoms with Crippen LogP contribution in [0, 0.1) is 0 Å². The molecule has 0 amide bonds. The average Bonchev–Trinajstić information content (AvgIpc) is 2.95. The first-order valence-electron chi connectivity index (χ1n) is 8.38. The minimum atomic E-state index is -1.78. The molecular weight excluding hydrogens is 312 g/mol. The Balaban J connectivity index is 1.72. The van der Waals surface area contributed by atoms with E-state index in [0.717, 1.165) is 22.6 Å². The first-order chi connectivity index (χ1) is 11.2. The van der Waals surface area contributed by atoms with Crippen molar-refractivity contribution in [1.82, 2.24) is 4.98 Å². The van der Waals surface area contributed by atoms with Crippen LogP contribution in [-0.4, -0.2) is 13.3 Å². The quantitative estimate of drug-likeness (QED) is 0.548. The highest BCUT2D eigenvalue weighted by Crippen LogP contribution is 2.37. The van der Waals surface area contributed by atoms with Crippen molar-refractivity contribution in [3.05, 3.63) is 54.7 Å². The summed E-state index contributed by atoms with van der Waals surface area (Å²) in [5.41, 5.74) is 3.30. The number of hydrogen-bond acceptors (Lipinski definition) is 2. The minimum Gasteiger partial charge on any atom is -0.544 e. The van der Waals surface area contributed by atoms with E-state index in [2.05, 4.69) is 92.7 Å². The maximum absolute atomic E-state index is 6.33. The van der Waals surface area contributed by atoms with Crippen LogP contribution in [0.1, 0.15) is 20.8 Å². The molecule has 1 aromatic heterocycles. The van der Waals surface area contributed by atoms with Gasteiger partial charge in [-0.15, -0.1) is 0 Å². The first-order valence-corrected chi connectivity index (χ1v) is 11.3. The topological polar surface area (TPSA) is 37.0 Å². The van der Waals surface area contributed by atoms with Gasteiger partial charge in [-0.25, -0.2) is 0 Å². The van der Waals surface area contributed by atoms with Gasteiger partial charge >= 0.3 is 0 Å². The zero-order valence-electron chi connectivity index (χ0n) is 15.1. The third-order valence-electron chi connectivity index (χ3n) is 4.88. The molecule has 24 heavy (non-hydrogen) atoms. The van der Waals surface area contributed by atoms with Crippen LogP contribution < -0.4 is 9.74 Å². The highest BCUT2D eigenvalue weighted by Gasteiger charge is 2.38. The van der Waals surface area contributed by atoms with E-state index in [1.807, 2.05) is 6.20 Å². The molecule has 126 valence electrons. The number of nitrogens with one attached hydrogen (secondary N) is 2. The molecule has 0 atom stereocenters. The van der Waals surface area contributed by atoms with Gasteiger partial charge < -0.3 is 14.7 Å². The molecule has 3 aromatic rings. The molecule has 0 spiro atoms. The van der Waals surface area contributed by atoms with Crippen LogP contribution in [0.4, 0.5) is 11.4 Å². The van der Waals surface area contributed by atoms with E-state index in [1.165, 1.54) is 5.39 Å². The van der Waals surface area contributed by atoms with Crippen molar-refractivity contribution in [1.29, 1.82) is 0 Å². The number of rotatable bonds is 4. The molecule has 0 saturated carbocycles. The Labute approximate surface area is 145 Å². The summed E-state index contributed by atoms with van der Waals surface area (Å²) in [4.78, 5) is 3.21. The third-order valence-corrected chi connectivity index (χ3v) is 9.23. The molecule has 0 saturated heterocycles. The van der Waals surface area contributed by atoms with Crippen LogP contribution in [0.3, 0.4) is 0 Å². The Hall–Kier alpha value is -2.20. The van der Waals surface area contributed by atoms with Gasteiger partial charge in [-0.05, 0) is 66.7 Å². The zero-order chi connectivity index (χ0) is 17.4. The monoisotopic (exact) mass is 338 g/mol. The predicted molar refractivity (Wildman–Crippen MR) is 106 cm³/mol. The van der Waals surface area contributed by atoms with Gasteiger partial charge in [-0.1, -0.05) is 20.8 Å². The van der Waals surface area contributed by atoms with Gasteiger partial charge in [-0.3, -0.25) is 0 Å². The molecule has 0 aliphatic heterocycles. The number of anilines is 2. The van der Waals surface area contributed by atoms with Crippen molar-refractivity contribution >= 4 is 30.6 Å². The molecule has 0 aliphatic carbocycles. The summed E-state index contributed by atoms with van der Waals surface area (Å²) >= 11 is 0. The van der Waals surface area contributed by atoms with Gasteiger partial charge in [-0.2, -0.15) is 0 Å². The van der Waals surface area contributed by atoms with E-state index < -0.39 is 8.32 Å². The van der Waals surface area contributed by atoms with Crippen molar-refractivity contribution in [3.8, 4) is 5.75 Å². The lowest BCUT2D eigenvalue weighted by Crippen LogP contribution is -2.43. The van der Waals surface area contributed by atoms with Crippen molar-refractivity contribution in [2.45, 2.75) is 38.9 Å². The van der Waals surface area contributed by atoms with Gasteiger partial charge in [0.2, 0.25) is 8.32 Å². The van der Waals surface area contributed by atoms with E-state index >= 15 is 0 Å². The van der Waals surface area contributed by atoms with Crippen LogP contribution >= 0.6 is 0 Å². The van der Waals surface area contributed by atoms with Gasteiger partial charge in [0.25, 0.3) is 0 Å². The predicted octanol–water partition coefficient (Wildman–Crippen LogP) is 6.30. The number of H-pyrrole nitrogens is 1. The first kappa shape index (κ1) is 16.6. The smallest absolute Gasteiger partial charge is 0.250 e. The average molecular weight is 339 g/mol. The second kappa shape index (κ2) is 6.02. The number of benzene rings is 2. The van der Waals surface area contributed by atoms with Gasteiger partial charge in [0.05, 0.1) is 0 Å². The summed E-state index contributed by atoms with van der Waals surface area (Å²) in [6.07, 6.45) is 1.96. The molecule has 0 fully saturated rings. The van der Waals surface area contributed by atoms with Crippen LogP contribution in [0.2, 0.25) is 18.1 Å². The highest BCUT2D eigenvalue weighted by molar-refractivity contribution is 6.74. The van der Waals surface area contributed by atoms with Crippen molar-refractivity contribution in [2.24, 2.45) is 0 Å². The summed E-state index contributed by atoms with van der Waals surface area (Å²) in [5, 5.41) is 4.86. The molecule has 0 aliphatic rings. The SMILES string of the molecule is CC(C)(C)[Si](C)(C)Oc1ccc(Nc2ccc3[nH]ccc3c2)cc1. The molecule has 0 unspecified atom stereocenters. The fraction of sp³-hybridized carbons (Fsp3) is 0.300. The molecular formula is C20H26N2OSi. The Bertz CT molecular complexity index is 829. The molecule has 4 heteroatoms. The molecule has 0 bridgehead atoms. The van der Waals surface area contributed by atoms with E-state index in [-0.39, 0.29) is 5.04 Å². The van der Waals surface area contributed by atoms with Gasteiger partial charge in [0.15, 0.2) is 0 Å². The highest BCUT2D eigenvalue weighted by atomic mass is 28.4. The molecule has 2 aromatic carbocycles. The number of aromatic amines is 1.